The van der Waals surface area contributed by atoms with Crippen LogP contribution in [-0.4, -0.2) is 22.0 Å². The van der Waals surface area contributed by atoms with E-state index in [1.54, 1.807) is 49.4 Å². The molecule has 9 nitrogen and oxygen atoms in total. The van der Waals surface area contributed by atoms with Gasteiger partial charge in [0, 0.05) is 16.9 Å². The lowest BCUT2D eigenvalue weighted by molar-refractivity contribution is 0.0596. The average molecular weight is 413 g/mol. The van der Waals surface area contributed by atoms with Gasteiger partial charge in [0.1, 0.15) is 11.4 Å². The van der Waals surface area contributed by atoms with Gasteiger partial charge in [-0.25, -0.2) is 20.1 Å². The largest absolute Gasteiger partial charge is 0.383 e. The number of para-hydroxylation sites is 1. The van der Waals surface area contributed by atoms with Crippen LogP contribution < -0.4 is 21.8 Å². The number of amides is 2. The highest BCUT2D eigenvalue weighted by molar-refractivity contribution is 6.31. The predicted molar refractivity (Wildman–Crippen MR) is 111 cm³/mol. The summed E-state index contributed by atoms with van der Waals surface area (Å²) in [7, 11) is 0. The number of benzene rings is 2. The summed E-state index contributed by atoms with van der Waals surface area (Å²) in [4.78, 5) is 37.1. The van der Waals surface area contributed by atoms with Crippen molar-refractivity contribution in [3.05, 3.63) is 70.9 Å². The molecule has 0 radical (unpaired) electrons. The Bertz CT molecular complexity index is 1050. The quantitative estimate of drug-likeness (QED) is 0.468. The highest BCUT2D eigenvalue weighted by Gasteiger charge is 2.16. The minimum atomic E-state index is -0.790. The van der Waals surface area contributed by atoms with Crippen LogP contribution in [0, 0.1) is 6.92 Å². The van der Waals surface area contributed by atoms with Crippen molar-refractivity contribution in [2.24, 2.45) is 0 Å². The summed E-state index contributed by atoms with van der Waals surface area (Å²) in [6.45, 7) is 1.77. The lowest BCUT2D eigenvalue weighted by Crippen LogP contribution is -2.22. The second-order valence-corrected chi connectivity index (χ2v) is 6.25. The van der Waals surface area contributed by atoms with E-state index in [-0.39, 0.29) is 17.3 Å². The number of rotatable bonds is 5. The molecule has 0 aliphatic carbocycles. The van der Waals surface area contributed by atoms with Gasteiger partial charge in [-0.05, 0) is 36.8 Å². The molecule has 10 heteroatoms. The van der Waals surface area contributed by atoms with E-state index in [1.807, 2.05) is 6.07 Å². The molecule has 0 spiro atoms. The van der Waals surface area contributed by atoms with Crippen LogP contribution in [0.5, 0.6) is 0 Å². The van der Waals surface area contributed by atoms with Gasteiger partial charge < -0.3 is 15.9 Å². The molecule has 0 saturated heterocycles. The molecule has 2 aromatic carbocycles. The van der Waals surface area contributed by atoms with E-state index in [9.17, 15) is 9.59 Å². The first-order valence-corrected chi connectivity index (χ1v) is 8.79. The van der Waals surface area contributed by atoms with Crippen LogP contribution in [0.1, 0.15) is 15.9 Å². The van der Waals surface area contributed by atoms with E-state index in [4.69, 9.17) is 22.2 Å². The van der Waals surface area contributed by atoms with Crippen LogP contribution in [0.4, 0.5) is 27.9 Å². The normalized spacial score (nSPS) is 10.1. The maximum absolute atomic E-state index is 12.2. The summed E-state index contributed by atoms with van der Waals surface area (Å²) in [5, 5.41) is 5.57. The molecule has 1 heterocycles. The van der Waals surface area contributed by atoms with Gasteiger partial charge in [-0.3, -0.25) is 5.32 Å². The second-order valence-electron chi connectivity index (χ2n) is 5.84. The number of aromatic nitrogens is 2. The predicted octanol–water partition coefficient (Wildman–Crippen LogP) is 3.85. The van der Waals surface area contributed by atoms with Crippen LogP contribution in [0.2, 0.25) is 5.02 Å². The van der Waals surface area contributed by atoms with Crippen molar-refractivity contribution in [3.63, 3.8) is 0 Å². The number of urea groups is 1. The van der Waals surface area contributed by atoms with Gasteiger partial charge in [-0.15, -0.1) is 0 Å². The molecule has 0 fully saturated rings. The molecule has 0 unspecified atom stereocenters. The third kappa shape index (κ3) is 5.11. The molecular weight excluding hydrogens is 396 g/mol. The maximum Gasteiger partial charge on any atom is 0.368 e. The van der Waals surface area contributed by atoms with Gasteiger partial charge in [0.25, 0.3) is 0 Å². The van der Waals surface area contributed by atoms with E-state index in [0.29, 0.717) is 16.4 Å². The molecule has 5 N–H and O–H groups in total. The Labute approximate surface area is 171 Å². The summed E-state index contributed by atoms with van der Waals surface area (Å²) in [6, 6.07) is 13.4. The van der Waals surface area contributed by atoms with Gasteiger partial charge in [0.05, 0.1) is 5.69 Å². The summed E-state index contributed by atoms with van der Waals surface area (Å²) in [5.41, 5.74) is 10.1. The zero-order chi connectivity index (χ0) is 20.8. The number of nitrogens with two attached hydrogens (primary N) is 1. The van der Waals surface area contributed by atoms with E-state index in [0.717, 1.165) is 11.8 Å². The summed E-state index contributed by atoms with van der Waals surface area (Å²) in [6.07, 6.45) is 1.16. The molecule has 3 aromatic rings. The van der Waals surface area contributed by atoms with Crippen molar-refractivity contribution in [1.29, 1.82) is 0 Å². The lowest BCUT2D eigenvalue weighted by atomic mass is 10.2. The summed E-state index contributed by atoms with van der Waals surface area (Å²) >= 11 is 6.02. The molecule has 3 rings (SSSR count). The van der Waals surface area contributed by atoms with Gasteiger partial charge in [0.15, 0.2) is 0 Å². The van der Waals surface area contributed by atoms with E-state index in [2.05, 4.69) is 26.1 Å². The first-order chi connectivity index (χ1) is 13.9. The number of nitrogen functional groups attached to an aromatic ring is 1. The molecule has 148 valence electrons. The van der Waals surface area contributed by atoms with Gasteiger partial charge in [-0.2, -0.15) is 4.98 Å². The highest BCUT2D eigenvalue weighted by Crippen LogP contribution is 2.23. The maximum atomic E-state index is 12.2. The van der Waals surface area contributed by atoms with Crippen LogP contribution in [0.3, 0.4) is 0 Å². The molecular formula is C19H17ClN6O3. The number of nitrogens with zero attached hydrogens (tertiary/aromatic N) is 2. The smallest absolute Gasteiger partial charge is 0.368 e. The fourth-order valence-electron chi connectivity index (χ4n) is 2.27. The van der Waals surface area contributed by atoms with Crippen molar-refractivity contribution in [2.45, 2.75) is 6.92 Å². The Morgan fingerprint density at radius 3 is 2.55 bits per heavy atom. The zero-order valence-corrected chi connectivity index (χ0v) is 16.0. The first-order valence-electron chi connectivity index (χ1n) is 8.42. The Hall–Kier alpha value is -3.85. The van der Waals surface area contributed by atoms with E-state index >= 15 is 0 Å². The second kappa shape index (κ2) is 8.89. The van der Waals surface area contributed by atoms with Crippen molar-refractivity contribution >= 4 is 46.7 Å². The van der Waals surface area contributed by atoms with Gasteiger partial charge in [0.2, 0.25) is 5.95 Å². The molecule has 29 heavy (non-hydrogen) atoms. The Balaban J connectivity index is 1.62. The molecule has 1 aromatic heterocycles. The molecule has 0 aliphatic heterocycles. The zero-order valence-electron chi connectivity index (χ0n) is 15.3. The fourth-order valence-corrected chi connectivity index (χ4v) is 2.45. The van der Waals surface area contributed by atoms with Gasteiger partial charge in [-0.1, -0.05) is 35.9 Å². The van der Waals surface area contributed by atoms with Crippen LogP contribution >= 0.6 is 11.6 Å². The van der Waals surface area contributed by atoms with Crippen molar-refractivity contribution < 1.29 is 14.4 Å². The van der Waals surface area contributed by atoms with Crippen LogP contribution in [0.25, 0.3) is 0 Å². The number of anilines is 4. The van der Waals surface area contributed by atoms with Crippen LogP contribution in [0.15, 0.2) is 54.7 Å². The molecule has 0 atom stereocenters. The third-order valence-corrected chi connectivity index (χ3v) is 4.23. The minimum absolute atomic E-state index is 0.0637. The summed E-state index contributed by atoms with van der Waals surface area (Å²) < 4.78 is 0. The average Bonchev–Trinajstić information content (AvgIpc) is 2.69. The minimum Gasteiger partial charge on any atom is -0.383 e. The number of carbonyl (C=O) groups is 2. The number of nitrogens with one attached hydrogen (secondary N) is 3. The summed E-state index contributed by atoms with van der Waals surface area (Å²) in [5.74, 6) is -1.00. The number of halogens is 1. The van der Waals surface area contributed by atoms with E-state index in [1.165, 1.54) is 0 Å². The monoisotopic (exact) mass is 412 g/mol. The number of hydrogen-bond acceptors (Lipinski definition) is 7. The SMILES string of the molecule is Cc1c(Cl)cccc1NOC(=O)c1cnc(NC(=O)Nc2ccccc2)nc1N. The molecule has 0 saturated carbocycles. The fraction of sp³-hybridized carbons (Fsp3) is 0.0526. The molecule has 0 aliphatic rings. The topological polar surface area (TPSA) is 131 Å². The Morgan fingerprint density at radius 1 is 1.07 bits per heavy atom. The highest BCUT2D eigenvalue weighted by atomic mass is 35.5. The van der Waals surface area contributed by atoms with Crippen molar-refractivity contribution in [3.8, 4) is 0 Å². The standard InChI is InChI=1S/C19H17ClN6O3/c1-11-14(20)8-5-9-15(11)26-29-17(27)13-10-22-18(24-16(13)21)25-19(28)23-12-6-3-2-4-7-12/h2-10,26H,1H3,(H4,21,22,23,24,25,28). The van der Waals surface area contributed by atoms with Crippen molar-refractivity contribution in [1.82, 2.24) is 9.97 Å². The van der Waals surface area contributed by atoms with Crippen molar-refractivity contribution in [2.75, 3.05) is 21.8 Å². The Kier molecular flexibility index (Phi) is 6.10. The molecule has 2 amide bonds. The number of carbonyl (C=O) groups excluding carboxylic acids is 2. The first kappa shape index (κ1) is 19.9. The lowest BCUT2D eigenvalue weighted by Gasteiger charge is -2.11. The Morgan fingerprint density at radius 2 is 1.83 bits per heavy atom. The van der Waals surface area contributed by atoms with E-state index < -0.39 is 12.0 Å². The molecule has 0 bridgehead atoms. The third-order valence-electron chi connectivity index (χ3n) is 3.82. The van der Waals surface area contributed by atoms with Crippen LogP contribution in [-0.2, 0) is 4.84 Å². The number of hydrogen-bond donors (Lipinski definition) is 4. The van der Waals surface area contributed by atoms with Gasteiger partial charge >= 0.3 is 12.0 Å².